The summed E-state index contributed by atoms with van der Waals surface area (Å²) in [6.07, 6.45) is 5.64. The van der Waals surface area contributed by atoms with Crippen LogP contribution < -0.4 is 11.1 Å². The van der Waals surface area contributed by atoms with Gasteiger partial charge in [-0.15, -0.1) is 11.3 Å². The number of carbonyl (C=O) groups excluding carboxylic acids is 2. The number of carbonyl (C=O) groups is 2. The second-order valence-corrected chi connectivity index (χ2v) is 6.51. The fraction of sp³-hybridized carbons (Fsp3) is 0.467. The van der Waals surface area contributed by atoms with Crippen LogP contribution >= 0.6 is 11.3 Å². The maximum Gasteiger partial charge on any atom is 0.312 e. The number of urea groups is 1. The molecule has 0 radical (unpaired) electrons. The van der Waals surface area contributed by atoms with Crippen molar-refractivity contribution in [3.8, 4) is 0 Å². The molecule has 0 aromatic carbocycles. The van der Waals surface area contributed by atoms with E-state index >= 15 is 0 Å². The standard InChI is InChI=1S/C15H20N6O2S/c16-15(23)18-6-13(22)20-4-1-2-11(7-20)14-17-3-5-21(14)8-12-9-24-10-19-12/h3,5,9-11H,1-2,4,6-8H2,(H3,16,18,23)/t11-/m1/s1. The average Bonchev–Trinajstić information content (AvgIpc) is 3.25. The van der Waals surface area contributed by atoms with E-state index in [0.717, 1.165) is 24.4 Å². The van der Waals surface area contributed by atoms with Crippen molar-refractivity contribution in [1.29, 1.82) is 0 Å². The third-order valence-electron chi connectivity index (χ3n) is 4.12. The van der Waals surface area contributed by atoms with E-state index in [1.165, 1.54) is 0 Å². The molecule has 0 bridgehead atoms. The number of rotatable bonds is 5. The molecule has 0 unspecified atom stereocenters. The number of piperidine rings is 1. The Morgan fingerprint density at radius 1 is 1.42 bits per heavy atom. The molecule has 1 atom stereocenters. The summed E-state index contributed by atoms with van der Waals surface area (Å²) in [4.78, 5) is 33.5. The molecular formula is C15H20N6O2S. The number of primary amides is 1. The van der Waals surface area contributed by atoms with E-state index in [0.29, 0.717) is 19.6 Å². The lowest BCUT2D eigenvalue weighted by Gasteiger charge is -2.32. The molecule has 24 heavy (non-hydrogen) atoms. The van der Waals surface area contributed by atoms with Gasteiger partial charge in [-0.2, -0.15) is 0 Å². The van der Waals surface area contributed by atoms with E-state index < -0.39 is 6.03 Å². The third-order valence-corrected chi connectivity index (χ3v) is 4.75. The van der Waals surface area contributed by atoms with Crippen molar-refractivity contribution < 1.29 is 9.59 Å². The fourth-order valence-corrected chi connectivity index (χ4v) is 3.54. The molecular weight excluding hydrogens is 328 g/mol. The maximum absolute atomic E-state index is 12.2. The second kappa shape index (κ2) is 7.43. The average molecular weight is 348 g/mol. The number of imidazole rings is 1. The van der Waals surface area contributed by atoms with E-state index in [1.54, 1.807) is 22.4 Å². The van der Waals surface area contributed by atoms with Gasteiger partial charge in [-0.05, 0) is 12.8 Å². The number of hydrogen-bond acceptors (Lipinski definition) is 5. The molecule has 0 aliphatic carbocycles. The van der Waals surface area contributed by atoms with Crippen LogP contribution in [0.15, 0.2) is 23.3 Å². The van der Waals surface area contributed by atoms with Crippen LogP contribution in [0.3, 0.4) is 0 Å². The third kappa shape index (κ3) is 3.91. The van der Waals surface area contributed by atoms with Gasteiger partial charge in [0.15, 0.2) is 0 Å². The number of amides is 3. The molecule has 2 aromatic heterocycles. The number of nitrogens with two attached hydrogens (primary N) is 1. The predicted molar refractivity (Wildman–Crippen MR) is 89.6 cm³/mol. The molecule has 2 aromatic rings. The maximum atomic E-state index is 12.2. The quantitative estimate of drug-likeness (QED) is 0.832. The highest BCUT2D eigenvalue weighted by Crippen LogP contribution is 2.26. The first-order valence-corrected chi connectivity index (χ1v) is 8.77. The molecule has 8 nitrogen and oxygen atoms in total. The molecule has 1 saturated heterocycles. The number of likely N-dealkylation sites (tertiary alicyclic amines) is 1. The van der Waals surface area contributed by atoms with Gasteiger partial charge in [0, 0.05) is 36.8 Å². The molecule has 3 rings (SSSR count). The highest BCUT2D eigenvalue weighted by Gasteiger charge is 2.27. The second-order valence-electron chi connectivity index (χ2n) is 5.79. The van der Waals surface area contributed by atoms with Gasteiger partial charge in [0.05, 0.1) is 24.3 Å². The van der Waals surface area contributed by atoms with Crippen molar-refractivity contribution >= 4 is 23.3 Å². The molecule has 128 valence electrons. The summed E-state index contributed by atoms with van der Waals surface area (Å²) < 4.78 is 2.09. The number of nitrogens with one attached hydrogen (secondary N) is 1. The Hall–Kier alpha value is -2.42. The van der Waals surface area contributed by atoms with Crippen molar-refractivity contribution in [2.45, 2.75) is 25.3 Å². The van der Waals surface area contributed by atoms with Crippen molar-refractivity contribution in [3.63, 3.8) is 0 Å². The van der Waals surface area contributed by atoms with Crippen molar-refractivity contribution in [2.75, 3.05) is 19.6 Å². The SMILES string of the molecule is NC(=O)NCC(=O)N1CCC[C@@H](c2nccn2Cc2cscn2)C1. The lowest BCUT2D eigenvalue weighted by atomic mass is 9.97. The Balaban J connectivity index is 1.66. The van der Waals surface area contributed by atoms with Gasteiger partial charge >= 0.3 is 6.03 Å². The Morgan fingerprint density at radius 3 is 3.04 bits per heavy atom. The summed E-state index contributed by atoms with van der Waals surface area (Å²) in [5.74, 6) is 1.05. The Kier molecular flexibility index (Phi) is 5.09. The van der Waals surface area contributed by atoms with E-state index in [2.05, 4.69) is 19.9 Å². The predicted octanol–water partition coefficient (Wildman–Crippen LogP) is 0.762. The van der Waals surface area contributed by atoms with Crippen LogP contribution in [0.4, 0.5) is 4.79 Å². The monoisotopic (exact) mass is 348 g/mol. The highest BCUT2D eigenvalue weighted by atomic mass is 32.1. The molecule has 0 saturated carbocycles. The minimum atomic E-state index is -0.685. The van der Waals surface area contributed by atoms with Crippen molar-refractivity contribution in [3.05, 3.63) is 34.8 Å². The van der Waals surface area contributed by atoms with Gasteiger partial charge in [0.25, 0.3) is 0 Å². The first kappa shape index (κ1) is 16.4. The van der Waals surface area contributed by atoms with Gasteiger partial charge in [-0.3, -0.25) is 4.79 Å². The van der Waals surface area contributed by atoms with Crippen LogP contribution in [0.5, 0.6) is 0 Å². The first-order chi connectivity index (χ1) is 11.6. The summed E-state index contributed by atoms with van der Waals surface area (Å²) in [5, 5.41) is 4.38. The summed E-state index contributed by atoms with van der Waals surface area (Å²) in [7, 11) is 0. The van der Waals surface area contributed by atoms with Gasteiger partial charge < -0.3 is 20.5 Å². The molecule has 1 aliphatic heterocycles. The van der Waals surface area contributed by atoms with E-state index in [4.69, 9.17) is 5.73 Å². The molecule has 1 aliphatic rings. The zero-order valence-corrected chi connectivity index (χ0v) is 14.0. The molecule has 3 amide bonds. The largest absolute Gasteiger partial charge is 0.352 e. The van der Waals surface area contributed by atoms with Crippen LogP contribution in [-0.2, 0) is 11.3 Å². The Labute approximate surface area is 143 Å². The smallest absolute Gasteiger partial charge is 0.312 e. The van der Waals surface area contributed by atoms with Crippen molar-refractivity contribution in [2.24, 2.45) is 5.73 Å². The van der Waals surface area contributed by atoms with Crippen LogP contribution in [-0.4, -0.2) is 51.0 Å². The molecule has 3 heterocycles. The Bertz CT molecular complexity index is 699. The van der Waals surface area contributed by atoms with Crippen molar-refractivity contribution in [1.82, 2.24) is 24.8 Å². The number of thiazole rings is 1. The first-order valence-electron chi connectivity index (χ1n) is 7.82. The minimum Gasteiger partial charge on any atom is -0.352 e. The molecule has 9 heteroatoms. The van der Waals surface area contributed by atoms with Crippen LogP contribution in [0.2, 0.25) is 0 Å². The Morgan fingerprint density at radius 2 is 2.29 bits per heavy atom. The minimum absolute atomic E-state index is 0.0602. The molecule has 0 spiro atoms. The van der Waals surface area contributed by atoms with E-state index in [9.17, 15) is 9.59 Å². The fourth-order valence-electron chi connectivity index (χ4n) is 2.99. The highest BCUT2D eigenvalue weighted by molar-refractivity contribution is 7.07. The summed E-state index contributed by atoms with van der Waals surface area (Å²) in [6.45, 7) is 1.93. The zero-order chi connectivity index (χ0) is 16.9. The summed E-state index contributed by atoms with van der Waals surface area (Å²) >= 11 is 1.57. The van der Waals surface area contributed by atoms with Gasteiger partial charge in [0.2, 0.25) is 5.91 Å². The summed E-state index contributed by atoms with van der Waals surface area (Å²) in [6, 6.07) is -0.685. The topological polar surface area (TPSA) is 106 Å². The molecule has 1 fully saturated rings. The molecule has 3 N–H and O–H groups in total. The number of hydrogen-bond donors (Lipinski definition) is 2. The number of aromatic nitrogens is 3. The van der Waals surface area contributed by atoms with E-state index in [1.807, 2.05) is 17.1 Å². The zero-order valence-electron chi connectivity index (χ0n) is 13.2. The lowest BCUT2D eigenvalue weighted by molar-refractivity contribution is -0.131. The van der Waals surface area contributed by atoms with Crippen LogP contribution in [0.25, 0.3) is 0 Å². The van der Waals surface area contributed by atoms with Crippen LogP contribution in [0, 0.1) is 0 Å². The summed E-state index contributed by atoms with van der Waals surface area (Å²) in [5.41, 5.74) is 7.85. The van der Waals surface area contributed by atoms with Crippen LogP contribution in [0.1, 0.15) is 30.3 Å². The van der Waals surface area contributed by atoms with Gasteiger partial charge in [-0.1, -0.05) is 0 Å². The normalized spacial score (nSPS) is 17.7. The van der Waals surface area contributed by atoms with Gasteiger partial charge in [0.1, 0.15) is 5.82 Å². The van der Waals surface area contributed by atoms with Gasteiger partial charge in [-0.25, -0.2) is 14.8 Å². The number of nitrogens with zero attached hydrogens (tertiary/aromatic N) is 4. The lowest BCUT2D eigenvalue weighted by Crippen LogP contribution is -2.45. The van der Waals surface area contributed by atoms with E-state index in [-0.39, 0.29) is 18.4 Å².